The zero-order chi connectivity index (χ0) is 18.8. The zero-order valence-electron chi connectivity index (χ0n) is 15.1. The first kappa shape index (κ1) is 16.8. The van der Waals surface area contributed by atoms with Crippen LogP contribution in [0.2, 0.25) is 0 Å². The van der Waals surface area contributed by atoms with E-state index >= 15 is 0 Å². The van der Waals surface area contributed by atoms with Crippen LogP contribution in [0.1, 0.15) is 5.56 Å². The number of nitrogens with two attached hydrogens (primary N) is 1. The molecule has 0 aliphatic rings. The van der Waals surface area contributed by atoms with E-state index in [0.717, 1.165) is 33.9 Å². The summed E-state index contributed by atoms with van der Waals surface area (Å²) in [6.45, 7) is 2.06. The molecule has 3 N–H and O–H groups in total. The molecule has 3 heterocycles. The van der Waals surface area contributed by atoms with Crippen LogP contribution < -0.4 is 10.5 Å². The summed E-state index contributed by atoms with van der Waals surface area (Å²) in [7, 11) is 1.58. The minimum atomic E-state index is 0.352. The summed E-state index contributed by atoms with van der Waals surface area (Å²) in [5.41, 5.74) is 11.5. The SMILES string of the molecule is COc1cc(-c2[nH]c(-c3cccc(C)c3)nc2-c2ccncc2)cnc1N. The molecule has 1 aromatic carbocycles. The maximum absolute atomic E-state index is 5.87. The number of nitrogens with one attached hydrogen (secondary N) is 1. The van der Waals surface area contributed by atoms with Crippen LogP contribution in [0.3, 0.4) is 0 Å². The lowest BCUT2D eigenvalue weighted by molar-refractivity contribution is 0.415. The van der Waals surface area contributed by atoms with Gasteiger partial charge in [0.05, 0.1) is 18.5 Å². The normalized spacial score (nSPS) is 10.7. The topological polar surface area (TPSA) is 89.7 Å². The lowest BCUT2D eigenvalue weighted by Crippen LogP contribution is -1.96. The van der Waals surface area contributed by atoms with E-state index in [2.05, 4.69) is 34.0 Å². The number of imidazole rings is 1. The van der Waals surface area contributed by atoms with Gasteiger partial charge in [0.25, 0.3) is 0 Å². The van der Waals surface area contributed by atoms with Crippen LogP contribution in [-0.4, -0.2) is 27.0 Å². The Hall–Kier alpha value is -3.67. The molecule has 0 amide bonds. The van der Waals surface area contributed by atoms with E-state index in [9.17, 15) is 0 Å². The molecule has 3 aromatic heterocycles. The Morgan fingerprint density at radius 3 is 2.56 bits per heavy atom. The van der Waals surface area contributed by atoms with Gasteiger partial charge in [0.15, 0.2) is 11.6 Å². The smallest absolute Gasteiger partial charge is 0.166 e. The monoisotopic (exact) mass is 357 g/mol. The predicted molar refractivity (Wildman–Crippen MR) is 106 cm³/mol. The number of H-pyrrole nitrogens is 1. The van der Waals surface area contributed by atoms with Crippen LogP contribution in [-0.2, 0) is 0 Å². The number of hydrogen-bond donors (Lipinski definition) is 2. The van der Waals surface area contributed by atoms with Crippen LogP contribution in [0.15, 0.2) is 61.1 Å². The van der Waals surface area contributed by atoms with Gasteiger partial charge in [-0.05, 0) is 31.2 Å². The maximum Gasteiger partial charge on any atom is 0.166 e. The second kappa shape index (κ2) is 6.92. The molecule has 6 heteroatoms. The Bertz CT molecular complexity index is 1090. The van der Waals surface area contributed by atoms with E-state index in [1.807, 2.05) is 30.3 Å². The zero-order valence-corrected chi connectivity index (χ0v) is 15.1. The third-order valence-electron chi connectivity index (χ3n) is 4.34. The highest BCUT2D eigenvalue weighted by molar-refractivity contribution is 5.81. The van der Waals surface area contributed by atoms with Gasteiger partial charge in [-0.1, -0.05) is 23.8 Å². The second-order valence-corrected chi connectivity index (χ2v) is 6.23. The van der Waals surface area contributed by atoms with Gasteiger partial charge in [-0.2, -0.15) is 0 Å². The first-order valence-electron chi connectivity index (χ1n) is 8.53. The Balaban J connectivity index is 1.92. The van der Waals surface area contributed by atoms with Gasteiger partial charge in [-0.25, -0.2) is 9.97 Å². The number of methoxy groups -OCH3 is 1. The van der Waals surface area contributed by atoms with Crippen molar-refractivity contribution < 1.29 is 4.74 Å². The van der Waals surface area contributed by atoms with Gasteiger partial charge in [0, 0.05) is 35.3 Å². The van der Waals surface area contributed by atoms with Crippen molar-refractivity contribution in [2.75, 3.05) is 12.8 Å². The molecule has 0 spiro atoms. The lowest BCUT2D eigenvalue weighted by Gasteiger charge is -2.07. The molecule has 0 saturated heterocycles. The number of anilines is 1. The van der Waals surface area contributed by atoms with E-state index in [0.29, 0.717) is 11.6 Å². The molecule has 0 fully saturated rings. The maximum atomic E-state index is 5.87. The standard InChI is InChI=1S/C21H19N5O/c1-13-4-3-5-15(10-13)21-25-18(14-6-8-23-9-7-14)19(26-21)16-11-17(27-2)20(22)24-12-16/h3-12H,1-2H3,(H2,22,24)(H,25,26). The number of nitrogens with zero attached hydrogens (tertiary/aromatic N) is 3. The van der Waals surface area contributed by atoms with Crippen molar-refractivity contribution in [1.82, 2.24) is 19.9 Å². The van der Waals surface area contributed by atoms with Crippen LogP contribution in [0.4, 0.5) is 5.82 Å². The number of aromatic amines is 1. The fraction of sp³-hybridized carbons (Fsp3) is 0.0952. The molecule has 0 saturated carbocycles. The molecule has 0 atom stereocenters. The first-order valence-corrected chi connectivity index (χ1v) is 8.53. The highest BCUT2D eigenvalue weighted by atomic mass is 16.5. The third kappa shape index (κ3) is 3.25. The van der Waals surface area contributed by atoms with Gasteiger partial charge >= 0.3 is 0 Å². The van der Waals surface area contributed by atoms with E-state index < -0.39 is 0 Å². The van der Waals surface area contributed by atoms with Crippen LogP contribution >= 0.6 is 0 Å². The van der Waals surface area contributed by atoms with Crippen molar-refractivity contribution in [2.45, 2.75) is 6.92 Å². The number of aromatic nitrogens is 4. The molecule has 0 radical (unpaired) electrons. The second-order valence-electron chi connectivity index (χ2n) is 6.23. The summed E-state index contributed by atoms with van der Waals surface area (Å²) < 4.78 is 5.33. The highest BCUT2D eigenvalue weighted by Crippen LogP contribution is 2.35. The average molecular weight is 357 g/mol. The Morgan fingerprint density at radius 1 is 1.00 bits per heavy atom. The van der Waals surface area contributed by atoms with E-state index in [1.54, 1.807) is 25.7 Å². The number of rotatable bonds is 4. The third-order valence-corrected chi connectivity index (χ3v) is 4.34. The molecule has 4 aromatic rings. The van der Waals surface area contributed by atoms with Crippen molar-refractivity contribution in [3.63, 3.8) is 0 Å². The van der Waals surface area contributed by atoms with Crippen molar-refractivity contribution in [2.24, 2.45) is 0 Å². The number of nitrogen functional groups attached to an aromatic ring is 1. The fourth-order valence-corrected chi connectivity index (χ4v) is 2.99. The molecule has 27 heavy (non-hydrogen) atoms. The first-order chi connectivity index (χ1) is 13.2. The quantitative estimate of drug-likeness (QED) is 0.574. The van der Waals surface area contributed by atoms with Crippen molar-refractivity contribution in [3.8, 4) is 39.7 Å². The van der Waals surface area contributed by atoms with Gasteiger partial charge in [0.2, 0.25) is 0 Å². The van der Waals surface area contributed by atoms with E-state index in [4.69, 9.17) is 15.5 Å². The number of benzene rings is 1. The summed E-state index contributed by atoms with van der Waals surface area (Å²) in [4.78, 5) is 16.7. The molecule has 6 nitrogen and oxygen atoms in total. The van der Waals surface area contributed by atoms with Crippen molar-refractivity contribution in [1.29, 1.82) is 0 Å². The lowest BCUT2D eigenvalue weighted by atomic mass is 10.1. The van der Waals surface area contributed by atoms with E-state index in [1.165, 1.54) is 5.56 Å². The number of pyridine rings is 2. The predicted octanol–water partition coefficient (Wildman–Crippen LogP) is 4.10. The minimum absolute atomic E-state index is 0.352. The molecule has 4 rings (SSSR count). The molecule has 0 unspecified atom stereocenters. The van der Waals surface area contributed by atoms with Crippen LogP contribution in [0.5, 0.6) is 5.75 Å². The van der Waals surface area contributed by atoms with Crippen LogP contribution in [0, 0.1) is 6.92 Å². The molecule has 0 aliphatic heterocycles. The Labute approximate surface area is 157 Å². The number of hydrogen-bond acceptors (Lipinski definition) is 5. The summed E-state index contributed by atoms with van der Waals surface area (Å²) >= 11 is 0. The van der Waals surface area contributed by atoms with Gasteiger partial charge in [-0.3, -0.25) is 4.98 Å². The largest absolute Gasteiger partial charge is 0.493 e. The number of ether oxygens (including phenoxy) is 1. The molecule has 0 bridgehead atoms. The van der Waals surface area contributed by atoms with Crippen molar-refractivity contribution in [3.05, 3.63) is 66.6 Å². The van der Waals surface area contributed by atoms with Crippen molar-refractivity contribution >= 4 is 5.82 Å². The summed E-state index contributed by atoms with van der Waals surface area (Å²) in [5, 5.41) is 0. The summed E-state index contributed by atoms with van der Waals surface area (Å²) in [6.07, 6.45) is 5.22. The van der Waals surface area contributed by atoms with Gasteiger partial charge in [0.1, 0.15) is 5.82 Å². The van der Waals surface area contributed by atoms with Crippen LogP contribution in [0.25, 0.3) is 33.9 Å². The fourth-order valence-electron chi connectivity index (χ4n) is 2.99. The summed E-state index contributed by atoms with van der Waals surface area (Å²) in [5.74, 6) is 1.67. The van der Waals surface area contributed by atoms with Gasteiger partial charge in [-0.15, -0.1) is 0 Å². The summed E-state index contributed by atoms with van der Waals surface area (Å²) in [6, 6.07) is 13.9. The highest BCUT2D eigenvalue weighted by Gasteiger charge is 2.17. The molecule has 0 aliphatic carbocycles. The molecule has 134 valence electrons. The minimum Gasteiger partial charge on any atom is -0.493 e. The Kier molecular flexibility index (Phi) is 4.30. The average Bonchev–Trinajstić information content (AvgIpc) is 3.14. The molecular weight excluding hydrogens is 338 g/mol. The van der Waals surface area contributed by atoms with Gasteiger partial charge < -0.3 is 15.5 Å². The number of aryl methyl sites for hydroxylation is 1. The van der Waals surface area contributed by atoms with E-state index in [-0.39, 0.29) is 0 Å². The molecular formula is C21H19N5O. The Morgan fingerprint density at radius 2 is 1.81 bits per heavy atom.